The second-order valence-corrected chi connectivity index (χ2v) is 5.50. The molecule has 0 atom stereocenters. The van der Waals surface area contributed by atoms with Gasteiger partial charge in [0.05, 0.1) is 14.2 Å². The number of aryl methyl sites for hydroxylation is 1. The van der Waals surface area contributed by atoms with Crippen molar-refractivity contribution in [3.63, 3.8) is 0 Å². The molecule has 2 aromatic carbocycles. The molecule has 0 bridgehead atoms. The summed E-state index contributed by atoms with van der Waals surface area (Å²) < 4.78 is 21.5. The van der Waals surface area contributed by atoms with E-state index in [1.807, 2.05) is 30.3 Å². The molecule has 0 aliphatic rings. The maximum atomic E-state index is 12.5. The zero-order valence-corrected chi connectivity index (χ0v) is 14.8. The van der Waals surface area contributed by atoms with Crippen molar-refractivity contribution in [2.45, 2.75) is 13.5 Å². The third kappa shape index (κ3) is 3.54. The van der Waals surface area contributed by atoms with Gasteiger partial charge >= 0.3 is 5.97 Å². The second-order valence-electron chi connectivity index (χ2n) is 5.50. The maximum Gasteiger partial charge on any atom is 0.346 e. The Labute approximate surface area is 151 Å². The molecular weight excluding hydrogens is 334 g/mol. The number of carbonyl (C=O) groups is 1. The summed E-state index contributed by atoms with van der Waals surface area (Å²) in [6, 6.07) is 14.6. The quantitative estimate of drug-likeness (QED) is 0.623. The van der Waals surface area contributed by atoms with Gasteiger partial charge in [0, 0.05) is 5.56 Å². The average Bonchev–Trinajstić information content (AvgIpc) is 3.06. The molecule has 0 radical (unpaired) electrons. The number of benzene rings is 2. The second kappa shape index (κ2) is 7.74. The van der Waals surface area contributed by atoms with Crippen LogP contribution in [0.15, 0.2) is 52.9 Å². The van der Waals surface area contributed by atoms with Gasteiger partial charge in [0.2, 0.25) is 5.89 Å². The van der Waals surface area contributed by atoms with Crippen LogP contribution in [0.1, 0.15) is 21.8 Å². The van der Waals surface area contributed by atoms with Crippen LogP contribution < -0.4 is 9.47 Å². The zero-order valence-electron chi connectivity index (χ0n) is 14.8. The van der Waals surface area contributed by atoms with Gasteiger partial charge < -0.3 is 18.6 Å². The Morgan fingerprint density at radius 2 is 1.65 bits per heavy atom. The van der Waals surface area contributed by atoms with Crippen molar-refractivity contribution in [1.82, 2.24) is 4.98 Å². The van der Waals surface area contributed by atoms with Crippen molar-refractivity contribution in [2.24, 2.45) is 0 Å². The van der Waals surface area contributed by atoms with Crippen molar-refractivity contribution in [3.8, 4) is 23.0 Å². The molecule has 26 heavy (non-hydrogen) atoms. The van der Waals surface area contributed by atoms with Gasteiger partial charge in [0.15, 0.2) is 0 Å². The van der Waals surface area contributed by atoms with Gasteiger partial charge in [-0.05, 0) is 31.2 Å². The number of carbonyl (C=O) groups excluding carboxylic acids is 1. The molecule has 1 heterocycles. The lowest BCUT2D eigenvalue weighted by molar-refractivity contribution is 0.0459. The van der Waals surface area contributed by atoms with Crippen LogP contribution in [0.5, 0.6) is 11.5 Å². The fraction of sp³-hybridized carbons (Fsp3) is 0.200. The summed E-state index contributed by atoms with van der Waals surface area (Å²) in [5, 5.41) is 0. The number of esters is 1. The van der Waals surface area contributed by atoms with Crippen LogP contribution >= 0.6 is 0 Å². The smallest absolute Gasteiger partial charge is 0.346 e. The van der Waals surface area contributed by atoms with Gasteiger partial charge in [0.1, 0.15) is 35.1 Å². The number of rotatable bonds is 6. The molecule has 0 aliphatic carbocycles. The molecule has 0 fully saturated rings. The summed E-state index contributed by atoms with van der Waals surface area (Å²) in [4.78, 5) is 16.9. The highest BCUT2D eigenvalue weighted by Gasteiger charge is 2.21. The predicted octanol–water partition coefficient (Wildman–Crippen LogP) is 4.02. The van der Waals surface area contributed by atoms with Crippen molar-refractivity contribution in [2.75, 3.05) is 14.2 Å². The minimum atomic E-state index is -0.553. The molecule has 3 aromatic rings. The van der Waals surface area contributed by atoms with E-state index in [0.29, 0.717) is 28.8 Å². The summed E-state index contributed by atoms with van der Waals surface area (Å²) in [6.07, 6.45) is 0. The van der Waals surface area contributed by atoms with Crippen molar-refractivity contribution in [3.05, 3.63) is 65.5 Å². The number of aromatic nitrogens is 1. The van der Waals surface area contributed by atoms with Crippen LogP contribution in [0.2, 0.25) is 0 Å². The summed E-state index contributed by atoms with van der Waals surface area (Å²) in [6.45, 7) is 1.77. The molecule has 0 amide bonds. The Morgan fingerprint density at radius 3 is 2.27 bits per heavy atom. The maximum absolute atomic E-state index is 12.5. The Kier molecular flexibility index (Phi) is 5.22. The van der Waals surface area contributed by atoms with E-state index in [2.05, 4.69) is 4.98 Å². The van der Waals surface area contributed by atoms with Gasteiger partial charge in [-0.2, -0.15) is 0 Å². The van der Waals surface area contributed by atoms with Crippen LogP contribution in [0.4, 0.5) is 0 Å². The first-order valence-corrected chi connectivity index (χ1v) is 8.04. The number of methoxy groups -OCH3 is 2. The lowest BCUT2D eigenvalue weighted by atomic mass is 10.2. The highest BCUT2D eigenvalue weighted by atomic mass is 16.5. The van der Waals surface area contributed by atoms with Gasteiger partial charge in [0.25, 0.3) is 0 Å². The van der Waals surface area contributed by atoms with E-state index in [1.54, 1.807) is 25.1 Å². The first-order valence-electron chi connectivity index (χ1n) is 8.04. The van der Waals surface area contributed by atoms with Gasteiger partial charge in [-0.3, -0.25) is 0 Å². The Morgan fingerprint density at radius 1 is 1.00 bits per heavy atom. The molecule has 0 saturated carbocycles. The average molecular weight is 353 g/mol. The van der Waals surface area contributed by atoms with Crippen molar-refractivity contribution < 1.29 is 23.4 Å². The lowest BCUT2D eigenvalue weighted by Crippen LogP contribution is -2.09. The minimum absolute atomic E-state index is 0.0117. The van der Waals surface area contributed by atoms with Crippen LogP contribution in [-0.4, -0.2) is 25.2 Å². The van der Waals surface area contributed by atoms with Gasteiger partial charge in [-0.25, -0.2) is 9.78 Å². The largest absolute Gasteiger partial charge is 0.496 e. The molecule has 0 spiro atoms. The fourth-order valence-corrected chi connectivity index (χ4v) is 2.52. The molecule has 0 unspecified atom stereocenters. The number of ether oxygens (including phenoxy) is 3. The fourth-order valence-electron chi connectivity index (χ4n) is 2.52. The van der Waals surface area contributed by atoms with Crippen LogP contribution in [0.3, 0.4) is 0 Å². The van der Waals surface area contributed by atoms with Crippen LogP contribution in [0.25, 0.3) is 11.5 Å². The Bertz CT molecular complexity index is 880. The van der Waals surface area contributed by atoms with Gasteiger partial charge in [-0.1, -0.05) is 24.3 Å². The molecule has 0 saturated heterocycles. The van der Waals surface area contributed by atoms with E-state index < -0.39 is 5.97 Å². The highest BCUT2D eigenvalue weighted by Crippen LogP contribution is 2.29. The topological polar surface area (TPSA) is 70.8 Å². The normalized spacial score (nSPS) is 10.4. The molecule has 0 aliphatic heterocycles. The monoisotopic (exact) mass is 353 g/mol. The van der Waals surface area contributed by atoms with Crippen molar-refractivity contribution in [1.29, 1.82) is 0 Å². The summed E-state index contributed by atoms with van der Waals surface area (Å²) in [5.41, 5.74) is 1.66. The summed E-state index contributed by atoms with van der Waals surface area (Å²) in [7, 11) is 2.97. The first-order chi connectivity index (χ1) is 12.6. The Balaban J connectivity index is 1.78. The minimum Gasteiger partial charge on any atom is -0.496 e. The molecule has 6 heteroatoms. The third-order valence-corrected chi connectivity index (χ3v) is 3.89. The first kappa shape index (κ1) is 17.5. The summed E-state index contributed by atoms with van der Waals surface area (Å²) in [5.74, 6) is 1.31. The molecular formula is C20H19NO5. The SMILES string of the molecule is COc1cccc(OC)c1C(=O)OCc1nc(-c2ccccc2)oc1C. The van der Waals surface area contributed by atoms with Crippen molar-refractivity contribution >= 4 is 5.97 Å². The van der Waals surface area contributed by atoms with E-state index in [9.17, 15) is 4.79 Å². The predicted molar refractivity (Wildman–Crippen MR) is 95.3 cm³/mol. The number of hydrogen-bond acceptors (Lipinski definition) is 6. The molecule has 134 valence electrons. The van der Waals surface area contributed by atoms with E-state index in [1.165, 1.54) is 14.2 Å². The van der Waals surface area contributed by atoms with E-state index in [0.717, 1.165) is 5.56 Å². The summed E-state index contributed by atoms with van der Waals surface area (Å²) >= 11 is 0. The van der Waals surface area contributed by atoms with Crippen LogP contribution in [-0.2, 0) is 11.3 Å². The highest BCUT2D eigenvalue weighted by molar-refractivity contribution is 5.95. The van der Waals surface area contributed by atoms with E-state index in [-0.39, 0.29) is 12.2 Å². The molecule has 0 N–H and O–H groups in total. The number of nitrogens with zero attached hydrogens (tertiary/aromatic N) is 1. The van der Waals surface area contributed by atoms with E-state index >= 15 is 0 Å². The Hall–Kier alpha value is -3.28. The molecule has 3 rings (SSSR count). The standard InChI is InChI=1S/C20H19NO5/c1-13-15(21-19(26-13)14-8-5-4-6-9-14)12-25-20(22)18-16(23-2)10-7-11-17(18)24-3/h4-11H,12H2,1-3H3. The molecule has 1 aromatic heterocycles. The van der Waals surface area contributed by atoms with E-state index in [4.69, 9.17) is 18.6 Å². The molecule has 6 nitrogen and oxygen atoms in total. The third-order valence-electron chi connectivity index (χ3n) is 3.89. The number of hydrogen-bond donors (Lipinski definition) is 0. The van der Waals surface area contributed by atoms with Gasteiger partial charge in [-0.15, -0.1) is 0 Å². The zero-order chi connectivity index (χ0) is 18.5. The lowest BCUT2D eigenvalue weighted by Gasteiger charge is -2.11. The van der Waals surface area contributed by atoms with Crippen LogP contribution in [0, 0.1) is 6.92 Å². The number of oxazole rings is 1.